The molecule has 2 amide bonds. The Labute approximate surface area is 186 Å². The molecule has 5 rings (SSSR count). The van der Waals surface area contributed by atoms with Crippen molar-refractivity contribution < 1.29 is 23.1 Å². The van der Waals surface area contributed by atoms with Crippen LogP contribution in [0.15, 0.2) is 58.3 Å². The van der Waals surface area contributed by atoms with E-state index in [2.05, 4.69) is 10.3 Å². The Morgan fingerprint density at radius 2 is 1.81 bits per heavy atom. The first kappa shape index (κ1) is 20.3. The van der Waals surface area contributed by atoms with Crippen molar-refractivity contribution in [3.8, 4) is 10.6 Å². The van der Waals surface area contributed by atoms with Crippen molar-refractivity contribution in [1.82, 2.24) is 9.88 Å². The van der Waals surface area contributed by atoms with Crippen LogP contribution in [0, 0.1) is 5.82 Å². The van der Waals surface area contributed by atoms with Gasteiger partial charge in [-0.3, -0.25) is 9.59 Å². The summed E-state index contributed by atoms with van der Waals surface area (Å²) < 4.78 is 24.3. The minimum absolute atomic E-state index is 0.0791. The number of furan rings is 1. The summed E-state index contributed by atoms with van der Waals surface area (Å²) in [5.74, 6) is -1.02. The van der Waals surface area contributed by atoms with Crippen molar-refractivity contribution in [2.45, 2.75) is 0 Å². The van der Waals surface area contributed by atoms with Gasteiger partial charge in [0.25, 0.3) is 11.8 Å². The quantitative estimate of drug-likeness (QED) is 0.497. The number of hydrogen-bond donors (Lipinski definition) is 1. The van der Waals surface area contributed by atoms with Crippen LogP contribution in [0.5, 0.6) is 0 Å². The van der Waals surface area contributed by atoms with Crippen LogP contribution in [0.1, 0.15) is 21.0 Å². The molecule has 0 atom stereocenters. The fourth-order valence-electron chi connectivity index (χ4n) is 3.51. The fraction of sp³-hybridized carbons (Fsp3) is 0.174. The van der Waals surface area contributed by atoms with Crippen LogP contribution in [-0.2, 0) is 4.74 Å². The number of halogens is 1. The lowest BCUT2D eigenvalue weighted by Gasteiger charge is -2.26. The van der Waals surface area contributed by atoms with E-state index in [0.717, 1.165) is 0 Å². The predicted octanol–water partition coefficient (Wildman–Crippen LogP) is 4.42. The zero-order valence-electron chi connectivity index (χ0n) is 16.8. The number of morpholine rings is 1. The minimum atomic E-state index is -0.461. The number of rotatable bonds is 4. The molecule has 0 spiro atoms. The number of carbonyl (C=O) groups is 2. The van der Waals surface area contributed by atoms with Gasteiger partial charge in [0.1, 0.15) is 27.8 Å². The molecule has 0 unspecified atom stereocenters. The maximum absolute atomic E-state index is 13.2. The second-order valence-corrected chi connectivity index (χ2v) is 8.06. The van der Waals surface area contributed by atoms with Gasteiger partial charge in [0.2, 0.25) is 5.76 Å². The molecule has 0 aliphatic carbocycles. The molecule has 1 aliphatic rings. The number of para-hydroxylation sites is 1. The summed E-state index contributed by atoms with van der Waals surface area (Å²) in [6, 6.07) is 13.1. The molecule has 4 aromatic rings. The molecular weight excluding hydrogens is 433 g/mol. The Morgan fingerprint density at radius 3 is 2.59 bits per heavy atom. The average Bonchev–Trinajstić information content (AvgIpc) is 3.46. The average molecular weight is 451 g/mol. The summed E-state index contributed by atoms with van der Waals surface area (Å²) in [6.07, 6.45) is 0. The molecule has 1 saturated heterocycles. The van der Waals surface area contributed by atoms with E-state index in [-0.39, 0.29) is 23.2 Å². The van der Waals surface area contributed by atoms with Gasteiger partial charge in [-0.25, -0.2) is 9.37 Å². The van der Waals surface area contributed by atoms with Gasteiger partial charge in [-0.15, -0.1) is 11.3 Å². The second-order valence-electron chi connectivity index (χ2n) is 7.21. The van der Waals surface area contributed by atoms with Gasteiger partial charge in [-0.1, -0.05) is 12.1 Å². The van der Waals surface area contributed by atoms with Crippen LogP contribution in [0.2, 0.25) is 0 Å². The zero-order valence-corrected chi connectivity index (χ0v) is 17.7. The zero-order chi connectivity index (χ0) is 22.1. The highest BCUT2D eigenvalue weighted by Crippen LogP contribution is 2.33. The summed E-state index contributed by atoms with van der Waals surface area (Å²) in [5.41, 5.74) is 1.74. The van der Waals surface area contributed by atoms with Crippen molar-refractivity contribution in [1.29, 1.82) is 0 Å². The van der Waals surface area contributed by atoms with Gasteiger partial charge in [0, 0.05) is 29.4 Å². The molecule has 0 bridgehead atoms. The number of carbonyl (C=O) groups excluding carboxylic acids is 2. The normalized spacial score (nSPS) is 14.0. The van der Waals surface area contributed by atoms with Crippen molar-refractivity contribution in [2.75, 3.05) is 31.6 Å². The second kappa shape index (κ2) is 8.52. The molecule has 2 aromatic heterocycles. The van der Waals surface area contributed by atoms with E-state index in [1.165, 1.54) is 23.5 Å². The number of nitrogens with one attached hydrogen (secondary N) is 1. The molecule has 162 valence electrons. The smallest absolute Gasteiger partial charge is 0.291 e. The van der Waals surface area contributed by atoms with E-state index in [1.54, 1.807) is 40.6 Å². The summed E-state index contributed by atoms with van der Waals surface area (Å²) >= 11 is 1.28. The Hall–Kier alpha value is -3.56. The van der Waals surface area contributed by atoms with E-state index in [1.807, 2.05) is 6.07 Å². The molecule has 32 heavy (non-hydrogen) atoms. The summed E-state index contributed by atoms with van der Waals surface area (Å²) in [4.78, 5) is 32.1. The number of hydrogen-bond acceptors (Lipinski definition) is 6. The summed E-state index contributed by atoms with van der Waals surface area (Å²) in [6.45, 7) is 1.82. The number of benzene rings is 2. The predicted molar refractivity (Wildman–Crippen MR) is 118 cm³/mol. The number of fused-ring (bicyclic) bond motifs is 1. The van der Waals surface area contributed by atoms with Gasteiger partial charge in [-0.05, 0) is 36.4 Å². The van der Waals surface area contributed by atoms with Crippen molar-refractivity contribution in [3.63, 3.8) is 0 Å². The molecule has 9 heteroatoms. The largest absolute Gasteiger partial charge is 0.449 e. The van der Waals surface area contributed by atoms with Gasteiger partial charge in [0.05, 0.1) is 13.2 Å². The van der Waals surface area contributed by atoms with Crippen molar-refractivity contribution in [2.24, 2.45) is 0 Å². The maximum atomic E-state index is 13.2. The highest BCUT2D eigenvalue weighted by Gasteiger charge is 2.28. The SMILES string of the molecule is O=C(Nc1c(C(=O)N2CCOCC2)oc2ccccc12)c1csc(-c2ccc(F)cc2)n1. The first-order valence-electron chi connectivity index (χ1n) is 10.0. The van der Waals surface area contributed by atoms with Crippen LogP contribution in [0.3, 0.4) is 0 Å². The Kier molecular flexibility index (Phi) is 5.42. The lowest BCUT2D eigenvalue weighted by atomic mass is 10.2. The van der Waals surface area contributed by atoms with Gasteiger partial charge in [-0.2, -0.15) is 0 Å². The summed E-state index contributed by atoms with van der Waals surface area (Å²) in [5, 5.41) is 5.67. The van der Waals surface area contributed by atoms with Crippen LogP contribution >= 0.6 is 11.3 Å². The van der Waals surface area contributed by atoms with E-state index >= 15 is 0 Å². The summed E-state index contributed by atoms with van der Waals surface area (Å²) in [7, 11) is 0. The number of ether oxygens (including phenoxy) is 1. The molecule has 0 saturated carbocycles. The molecule has 2 aromatic carbocycles. The highest BCUT2D eigenvalue weighted by molar-refractivity contribution is 7.13. The van der Waals surface area contributed by atoms with Crippen LogP contribution < -0.4 is 5.32 Å². The number of anilines is 1. The highest BCUT2D eigenvalue weighted by atomic mass is 32.1. The van der Waals surface area contributed by atoms with Crippen LogP contribution in [0.25, 0.3) is 21.5 Å². The number of nitrogens with zero attached hydrogens (tertiary/aromatic N) is 2. The topological polar surface area (TPSA) is 84.7 Å². The standard InChI is InChI=1S/C23H18FN3O4S/c24-15-7-5-14(6-8-15)22-25-17(13-32-22)21(28)26-19-16-3-1-2-4-18(16)31-20(19)23(29)27-9-11-30-12-10-27/h1-8,13H,9-12H2,(H,26,28). The lowest BCUT2D eigenvalue weighted by molar-refractivity contribution is 0.0285. The first-order valence-corrected chi connectivity index (χ1v) is 10.9. The van der Waals surface area contributed by atoms with Crippen molar-refractivity contribution >= 4 is 39.8 Å². The molecule has 1 fully saturated rings. The maximum Gasteiger partial charge on any atom is 0.291 e. The minimum Gasteiger partial charge on any atom is -0.449 e. The molecule has 3 heterocycles. The van der Waals surface area contributed by atoms with E-state index in [0.29, 0.717) is 53.5 Å². The van der Waals surface area contributed by atoms with E-state index in [9.17, 15) is 14.0 Å². The third-order valence-electron chi connectivity index (χ3n) is 5.15. The Bertz CT molecular complexity index is 1290. The lowest BCUT2D eigenvalue weighted by Crippen LogP contribution is -2.40. The number of aromatic nitrogens is 1. The van der Waals surface area contributed by atoms with Gasteiger partial charge < -0.3 is 19.4 Å². The third-order valence-corrected chi connectivity index (χ3v) is 6.05. The van der Waals surface area contributed by atoms with E-state index < -0.39 is 5.91 Å². The van der Waals surface area contributed by atoms with E-state index in [4.69, 9.17) is 9.15 Å². The van der Waals surface area contributed by atoms with Gasteiger partial charge >= 0.3 is 0 Å². The molecule has 7 nitrogen and oxygen atoms in total. The Balaban J connectivity index is 1.45. The first-order chi connectivity index (χ1) is 15.6. The molecule has 1 aliphatic heterocycles. The monoisotopic (exact) mass is 451 g/mol. The molecule has 0 radical (unpaired) electrons. The van der Waals surface area contributed by atoms with Crippen LogP contribution in [0.4, 0.5) is 10.1 Å². The fourth-order valence-corrected chi connectivity index (χ4v) is 4.32. The van der Waals surface area contributed by atoms with Crippen LogP contribution in [-0.4, -0.2) is 48.0 Å². The number of amides is 2. The third kappa shape index (κ3) is 3.88. The molecule has 1 N–H and O–H groups in total. The Morgan fingerprint density at radius 1 is 1.06 bits per heavy atom. The molecular formula is C23H18FN3O4S. The number of thiazole rings is 1. The van der Waals surface area contributed by atoms with Gasteiger partial charge in [0.15, 0.2) is 0 Å². The van der Waals surface area contributed by atoms with Crippen molar-refractivity contribution in [3.05, 3.63) is 71.2 Å².